The van der Waals surface area contributed by atoms with Gasteiger partial charge < -0.3 is 34.6 Å². The molecule has 0 heterocycles. The zero-order valence-corrected chi connectivity index (χ0v) is 29.8. The molecule has 0 aromatic heterocycles. The Kier molecular flexibility index (Phi) is 14.4. The zero-order valence-electron chi connectivity index (χ0n) is 29.8. The third-order valence-electron chi connectivity index (χ3n) is 8.22. The topological polar surface area (TPSA) is 152 Å². The van der Waals surface area contributed by atoms with E-state index in [4.69, 9.17) is 14.2 Å². The number of ether oxygens (including phenoxy) is 3. The second kappa shape index (κ2) is 19.1. The van der Waals surface area contributed by atoms with E-state index in [1.54, 1.807) is 36.4 Å². The van der Waals surface area contributed by atoms with Crippen molar-refractivity contribution in [1.29, 1.82) is 0 Å². The molecule has 0 bridgehead atoms. The van der Waals surface area contributed by atoms with Gasteiger partial charge >= 0.3 is 18.1 Å². The van der Waals surface area contributed by atoms with Gasteiger partial charge in [0.2, 0.25) is 5.91 Å². The maximum absolute atomic E-state index is 13.6. The lowest BCUT2D eigenvalue weighted by Gasteiger charge is -2.21. The summed E-state index contributed by atoms with van der Waals surface area (Å²) >= 11 is 0. The molecule has 2 amide bonds. The highest BCUT2D eigenvalue weighted by Crippen LogP contribution is 2.35. The number of phenolic OH excluding ortho intramolecular Hbond substituents is 1. The van der Waals surface area contributed by atoms with Gasteiger partial charge in [0.05, 0.1) is 37.0 Å². The van der Waals surface area contributed by atoms with Gasteiger partial charge in [-0.05, 0) is 84.3 Å². The summed E-state index contributed by atoms with van der Waals surface area (Å²) < 4.78 is 56.8. The van der Waals surface area contributed by atoms with Crippen LogP contribution in [-0.4, -0.2) is 59.1 Å². The van der Waals surface area contributed by atoms with Crippen molar-refractivity contribution in [3.63, 3.8) is 0 Å². The minimum atomic E-state index is -4.75. The number of benzene rings is 4. The number of carbonyl (C=O) groups is 4. The predicted molar refractivity (Wildman–Crippen MR) is 193 cm³/mol. The van der Waals surface area contributed by atoms with Crippen molar-refractivity contribution in [3.05, 3.63) is 113 Å². The molecule has 0 aliphatic heterocycles. The van der Waals surface area contributed by atoms with Crippen molar-refractivity contribution in [2.75, 3.05) is 25.6 Å². The minimum absolute atomic E-state index is 0.0360. The Balaban J connectivity index is 1.35. The highest BCUT2D eigenvalue weighted by atomic mass is 19.4. The van der Waals surface area contributed by atoms with E-state index in [1.807, 2.05) is 0 Å². The highest BCUT2D eigenvalue weighted by molar-refractivity contribution is 5.98. The van der Waals surface area contributed by atoms with Gasteiger partial charge in [-0.25, -0.2) is 4.79 Å². The Hall–Kier alpha value is -6.05. The molecule has 11 nitrogen and oxygen atoms in total. The first-order valence-electron chi connectivity index (χ1n) is 17.2. The minimum Gasteiger partial charge on any atom is -0.506 e. The number of esters is 1. The first kappa shape index (κ1) is 40.7. The molecule has 0 saturated carbocycles. The van der Waals surface area contributed by atoms with Crippen molar-refractivity contribution in [2.45, 2.75) is 58.2 Å². The number of unbranched alkanes of at least 4 members (excludes halogenated alkanes) is 4. The monoisotopic (exact) mass is 750 g/mol. The molecule has 54 heavy (non-hydrogen) atoms. The number of anilines is 1. The predicted octanol–water partition coefficient (Wildman–Crippen LogP) is 7.90. The van der Waals surface area contributed by atoms with Gasteiger partial charge in [0, 0.05) is 12.1 Å². The summed E-state index contributed by atoms with van der Waals surface area (Å²) in [6.45, 7) is 1.89. The van der Waals surface area contributed by atoms with Crippen molar-refractivity contribution in [1.82, 2.24) is 4.90 Å². The maximum atomic E-state index is 13.6. The molecule has 0 aliphatic rings. The number of carboxylic acid groups (broad SMARTS) is 1. The van der Waals surface area contributed by atoms with Crippen LogP contribution >= 0.6 is 0 Å². The summed E-state index contributed by atoms with van der Waals surface area (Å²) in [5, 5.41) is 22.4. The number of rotatable bonds is 18. The molecule has 4 rings (SSSR count). The summed E-state index contributed by atoms with van der Waals surface area (Å²) in [7, 11) is 1.21. The molecule has 4 aromatic carbocycles. The van der Waals surface area contributed by atoms with Crippen LogP contribution in [0.3, 0.4) is 0 Å². The molecule has 0 spiro atoms. The number of halogens is 3. The highest BCUT2D eigenvalue weighted by Gasteiger charge is 2.34. The van der Waals surface area contributed by atoms with Gasteiger partial charge in [0.1, 0.15) is 29.5 Å². The molecule has 0 atom stereocenters. The Morgan fingerprint density at radius 2 is 1.44 bits per heavy atom. The van der Waals surface area contributed by atoms with Crippen LogP contribution in [0.2, 0.25) is 0 Å². The van der Waals surface area contributed by atoms with Crippen molar-refractivity contribution >= 4 is 29.4 Å². The van der Waals surface area contributed by atoms with Crippen LogP contribution in [-0.2, 0) is 28.7 Å². The molecule has 4 aromatic rings. The Morgan fingerprint density at radius 3 is 2.07 bits per heavy atom. The average molecular weight is 751 g/mol. The van der Waals surface area contributed by atoms with Gasteiger partial charge in [-0.2, -0.15) is 13.2 Å². The SMILES string of the molecule is CCCCCCCOc1ccc(C(=O)Oc2ccc(CN(CC(=O)O)C(=O)c3ccc(NC(=O)Cc4ccc(OC)cc4C(F)(F)F)c(O)c3)cc2)cc1. The lowest BCUT2D eigenvalue weighted by atomic mass is 10.0. The fourth-order valence-electron chi connectivity index (χ4n) is 5.42. The second-order valence-electron chi connectivity index (χ2n) is 12.4. The summed E-state index contributed by atoms with van der Waals surface area (Å²) in [5.41, 5.74) is -0.839. The number of amides is 2. The van der Waals surface area contributed by atoms with Crippen molar-refractivity contribution in [3.8, 4) is 23.0 Å². The number of alkyl halides is 3. The van der Waals surface area contributed by atoms with E-state index >= 15 is 0 Å². The number of methoxy groups -OCH3 is 1. The fourth-order valence-corrected chi connectivity index (χ4v) is 5.42. The third kappa shape index (κ3) is 12.0. The largest absolute Gasteiger partial charge is 0.506 e. The van der Waals surface area contributed by atoms with E-state index in [0.29, 0.717) is 23.5 Å². The first-order chi connectivity index (χ1) is 25.8. The van der Waals surface area contributed by atoms with Crippen LogP contribution in [0.15, 0.2) is 84.9 Å². The Bertz CT molecular complexity index is 1910. The van der Waals surface area contributed by atoms with E-state index in [-0.39, 0.29) is 34.9 Å². The number of hydrogen-bond acceptors (Lipinski definition) is 8. The molecule has 286 valence electrons. The summed E-state index contributed by atoms with van der Waals surface area (Å²) in [4.78, 5) is 51.4. The van der Waals surface area contributed by atoms with Crippen molar-refractivity contribution in [2.24, 2.45) is 0 Å². The molecule has 14 heteroatoms. The maximum Gasteiger partial charge on any atom is 0.416 e. The summed E-state index contributed by atoms with van der Waals surface area (Å²) in [6.07, 6.45) is 0.176. The number of phenols is 1. The summed E-state index contributed by atoms with van der Waals surface area (Å²) in [5.74, 6) is -3.27. The zero-order chi connectivity index (χ0) is 39.3. The number of nitrogens with one attached hydrogen (secondary N) is 1. The van der Waals surface area contributed by atoms with Gasteiger partial charge in [-0.3, -0.25) is 14.4 Å². The smallest absolute Gasteiger partial charge is 0.416 e. The van der Waals surface area contributed by atoms with Crippen molar-refractivity contribution < 1.29 is 56.8 Å². The third-order valence-corrected chi connectivity index (χ3v) is 8.22. The number of carbonyl (C=O) groups excluding carboxylic acids is 3. The lowest BCUT2D eigenvalue weighted by Crippen LogP contribution is -2.35. The molecular weight excluding hydrogens is 709 g/mol. The molecular formula is C40H41F3N2O9. The number of hydrogen-bond donors (Lipinski definition) is 3. The normalized spacial score (nSPS) is 11.1. The van der Waals surface area contributed by atoms with E-state index < -0.39 is 54.2 Å². The van der Waals surface area contributed by atoms with Gasteiger partial charge in [0.25, 0.3) is 5.91 Å². The number of aromatic hydroxyl groups is 1. The van der Waals surface area contributed by atoms with Gasteiger partial charge in [0.15, 0.2) is 0 Å². The molecule has 0 aliphatic carbocycles. The van der Waals surface area contributed by atoms with E-state index in [9.17, 15) is 42.6 Å². The Morgan fingerprint density at radius 1 is 0.796 bits per heavy atom. The number of carboxylic acids is 1. The second-order valence-corrected chi connectivity index (χ2v) is 12.4. The van der Waals surface area contributed by atoms with Crippen LogP contribution in [0.25, 0.3) is 0 Å². The Labute approximate surface area is 310 Å². The van der Waals surface area contributed by atoms with Crippen LogP contribution < -0.4 is 19.5 Å². The quantitative estimate of drug-likeness (QED) is 0.0399. The summed E-state index contributed by atoms with van der Waals surface area (Å²) in [6, 6.07) is 19.3. The van der Waals surface area contributed by atoms with E-state index in [2.05, 4.69) is 12.2 Å². The van der Waals surface area contributed by atoms with Crippen LogP contribution in [0.4, 0.5) is 18.9 Å². The molecule has 0 radical (unpaired) electrons. The van der Waals surface area contributed by atoms with Crippen LogP contribution in [0.5, 0.6) is 23.0 Å². The first-order valence-corrected chi connectivity index (χ1v) is 17.2. The lowest BCUT2D eigenvalue weighted by molar-refractivity contribution is -0.139. The number of nitrogens with zero attached hydrogens (tertiary/aromatic N) is 1. The van der Waals surface area contributed by atoms with E-state index in [1.165, 1.54) is 56.7 Å². The average Bonchev–Trinajstić information content (AvgIpc) is 3.13. The van der Waals surface area contributed by atoms with Gasteiger partial charge in [-0.15, -0.1) is 0 Å². The number of aliphatic carboxylic acids is 1. The van der Waals surface area contributed by atoms with Crippen LogP contribution in [0.1, 0.15) is 76.4 Å². The molecule has 0 fully saturated rings. The van der Waals surface area contributed by atoms with Gasteiger partial charge in [-0.1, -0.05) is 50.8 Å². The van der Waals surface area contributed by atoms with Crippen LogP contribution in [0, 0.1) is 0 Å². The fraction of sp³-hybridized carbons (Fsp3) is 0.300. The standard InChI is InChI=1S/C40H41F3N2O9/c1-3-4-5-6-7-20-53-30-16-10-27(11-17-30)39(51)54-31-14-8-26(9-15-31)24-45(25-37(48)49)38(50)29-13-19-34(35(46)21-29)44-36(47)22-28-12-18-32(52-2)23-33(28)40(41,42)43/h8-19,21,23,46H,3-7,20,22,24-25H2,1-2H3,(H,44,47)(H,48,49). The molecule has 0 unspecified atom stereocenters. The van der Waals surface area contributed by atoms with E-state index in [0.717, 1.165) is 35.9 Å². The molecule has 0 saturated heterocycles. The molecule has 3 N–H and O–H groups in total.